The molecule has 1 fully saturated rings. The second-order valence-corrected chi connectivity index (χ2v) is 4.96. The fraction of sp³-hybridized carbons (Fsp3) is 0.429. The molecule has 0 heterocycles. The fourth-order valence-corrected chi connectivity index (χ4v) is 2.04. The Balaban J connectivity index is 1.93. The lowest BCUT2D eigenvalue weighted by Gasteiger charge is -2.20. The normalized spacial score (nSPS) is 13.9. The van der Waals surface area contributed by atoms with Crippen molar-refractivity contribution >= 4 is 17.5 Å². The van der Waals surface area contributed by atoms with E-state index in [9.17, 15) is 22.8 Å². The van der Waals surface area contributed by atoms with Crippen molar-refractivity contribution in [3.05, 3.63) is 29.6 Å². The van der Waals surface area contributed by atoms with Gasteiger partial charge < -0.3 is 10.2 Å². The van der Waals surface area contributed by atoms with Crippen molar-refractivity contribution in [1.82, 2.24) is 4.90 Å². The Morgan fingerprint density at radius 1 is 1.24 bits per heavy atom. The summed E-state index contributed by atoms with van der Waals surface area (Å²) in [7, 11) is 0. The van der Waals surface area contributed by atoms with Gasteiger partial charge in [0.1, 0.15) is 0 Å². The van der Waals surface area contributed by atoms with Crippen LogP contribution in [0.15, 0.2) is 12.1 Å². The van der Waals surface area contributed by atoms with Crippen LogP contribution in [-0.4, -0.2) is 29.3 Å². The standard InChI is InChI=1S/C14H15F3N2O2/c1-8(20)19(9-2-3-9)7-6-12(21)18-11-5-4-10(15)13(16)14(11)17/h4-5,9H,2-3,6-7H2,1H3,(H,18,21). The lowest BCUT2D eigenvalue weighted by Crippen LogP contribution is -2.33. The molecule has 2 rings (SSSR count). The zero-order valence-corrected chi connectivity index (χ0v) is 11.5. The van der Waals surface area contributed by atoms with Gasteiger partial charge in [-0.15, -0.1) is 0 Å². The maximum absolute atomic E-state index is 13.4. The summed E-state index contributed by atoms with van der Waals surface area (Å²) in [6.45, 7) is 1.64. The molecule has 1 saturated carbocycles. The Morgan fingerprint density at radius 2 is 1.90 bits per heavy atom. The summed E-state index contributed by atoms with van der Waals surface area (Å²) in [6.07, 6.45) is 1.80. The van der Waals surface area contributed by atoms with Gasteiger partial charge in [0.2, 0.25) is 11.8 Å². The first-order valence-electron chi connectivity index (χ1n) is 6.60. The highest BCUT2D eigenvalue weighted by Gasteiger charge is 2.30. The molecule has 0 atom stereocenters. The van der Waals surface area contributed by atoms with Crippen LogP contribution >= 0.6 is 0 Å². The van der Waals surface area contributed by atoms with E-state index in [1.165, 1.54) is 6.92 Å². The highest BCUT2D eigenvalue weighted by Crippen LogP contribution is 2.27. The molecular formula is C14H15F3N2O2. The van der Waals surface area contributed by atoms with E-state index in [0.29, 0.717) is 0 Å². The summed E-state index contributed by atoms with van der Waals surface area (Å²) in [4.78, 5) is 24.7. The molecule has 114 valence electrons. The summed E-state index contributed by atoms with van der Waals surface area (Å²) in [5.74, 6) is -5.07. The molecule has 0 saturated heterocycles. The number of hydrogen-bond donors (Lipinski definition) is 1. The van der Waals surface area contributed by atoms with E-state index in [-0.39, 0.29) is 24.9 Å². The van der Waals surface area contributed by atoms with Crippen molar-refractivity contribution in [2.45, 2.75) is 32.2 Å². The van der Waals surface area contributed by atoms with Crippen molar-refractivity contribution < 1.29 is 22.8 Å². The number of halogens is 3. The summed E-state index contributed by atoms with van der Waals surface area (Å²) < 4.78 is 39.2. The SMILES string of the molecule is CC(=O)N(CCC(=O)Nc1ccc(F)c(F)c1F)C1CC1. The summed E-state index contributed by atoms with van der Waals surface area (Å²) in [6, 6.07) is 1.87. The van der Waals surface area contributed by atoms with Crippen LogP contribution in [0.3, 0.4) is 0 Å². The Labute approximate surface area is 119 Å². The Hall–Kier alpha value is -2.05. The van der Waals surface area contributed by atoms with Crippen LogP contribution in [0.2, 0.25) is 0 Å². The van der Waals surface area contributed by atoms with Crippen LogP contribution < -0.4 is 5.32 Å². The highest BCUT2D eigenvalue weighted by atomic mass is 19.2. The van der Waals surface area contributed by atoms with Crippen LogP contribution in [0.1, 0.15) is 26.2 Å². The smallest absolute Gasteiger partial charge is 0.226 e. The number of carbonyl (C=O) groups is 2. The quantitative estimate of drug-likeness (QED) is 0.849. The van der Waals surface area contributed by atoms with Crippen molar-refractivity contribution in [2.75, 3.05) is 11.9 Å². The minimum absolute atomic E-state index is 0.0332. The third-order valence-corrected chi connectivity index (χ3v) is 3.28. The highest BCUT2D eigenvalue weighted by molar-refractivity contribution is 5.91. The number of rotatable bonds is 5. The Kier molecular flexibility index (Phi) is 4.50. The van der Waals surface area contributed by atoms with E-state index in [1.54, 1.807) is 4.90 Å². The van der Waals surface area contributed by atoms with Crippen LogP contribution in [0.4, 0.5) is 18.9 Å². The molecular weight excluding hydrogens is 285 g/mol. The van der Waals surface area contributed by atoms with E-state index in [4.69, 9.17) is 0 Å². The van der Waals surface area contributed by atoms with Crippen LogP contribution in [0.5, 0.6) is 0 Å². The molecule has 1 aromatic rings. The van der Waals surface area contributed by atoms with E-state index in [1.807, 2.05) is 0 Å². The number of anilines is 1. The molecule has 0 aliphatic heterocycles. The number of hydrogen-bond acceptors (Lipinski definition) is 2. The molecule has 21 heavy (non-hydrogen) atoms. The number of carbonyl (C=O) groups excluding carboxylic acids is 2. The lowest BCUT2D eigenvalue weighted by molar-refractivity contribution is -0.129. The van der Waals surface area contributed by atoms with Gasteiger partial charge in [-0.25, -0.2) is 13.2 Å². The fourth-order valence-electron chi connectivity index (χ4n) is 2.04. The van der Waals surface area contributed by atoms with E-state index >= 15 is 0 Å². The lowest BCUT2D eigenvalue weighted by atomic mass is 10.2. The molecule has 0 aromatic heterocycles. The van der Waals surface area contributed by atoms with Crippen molar-refractivity contribution in [2.24, 2.45) is 0 Å². The van der Waals surface area contributed by atoms with Gasteiger partial charge in [-0.2, -0.15) is 0 Å². The average molecular weight is 300 g/mol. The third kappa shape index (κ3) is 3.74. The number of amides is 2. The minimum Gasteiger partial charge on any atom is -0.339 e. The van der Waals surface area contributed by atoms with Crippen molar-refractivity contribution in [3.8, 4) is 0 Å². The molecule has 0 bridgehead atoms. The van der Waals surface area contributed by atoms with Gasteiger partial charge >= 0.3 is 0 Å². The van der Waals surface area contributed by atoms with E-state index < -0.39 is 29.0 Å². The van der Waals surface area contributed by atoms with Crippen LogP contribution in [0, 0.1) is 17.5 Å². The van der Waals surface area contributed by atoms with Crippen molar-refractivity contribution in [1.29, 1.82) is 0 Å². The maximum atomic E-state index is 13.4. The molecule has 0 spiro atoms. The first-order valence-corrected chi connectivity index (χ1v) is 6.60. The predicted molar refractivity (Wildman–Crippen MR) is 70.0 cm³/mol. The third-order valence-electron chi connectivity index (χ3n) is 3.28. The van der Waals surface area contributed by atoms with Gasteiger partial charge in [0, 0.05) is 25.9 Å². The zero-order valence-electron chi connectivity index (χ0n) is 11.5. The van der Waals surface area contributed by atoms with Gasteiger partial charge in [-0.1, -0.05) is 0 Å². The maximum Gasteiger partial charge on any atom is 0.226 e. The summed E-state index contributed by atoms with van der Waals surface area (Å²) in [5.41, 5.74) is -0.417. The molecule has 7 heteroatoms. The molecule has 2 amide bonds. The Bertz CT molecular complexity index is 574. The number of nitrogens with zero attached hydrogens (tertiary/aromatic N) is 1. The van der Waals surface area contributed by atoms with Crippen molar-refractivity contribution in [3.63, 3.8) is 0 Å². The first kappa shape index (κ1) is 15.3. The topological polar surface area (TPSA) is 49.4 Å². The second-order valence-electron chi connectivity index (χ2n) is 4.96. The van der Waals surface area contributed by atoms with E-state index in [2.05, 4.69) is 5.32 Å². The molecule has 1 aromatic carbocycles. The van der Waals surface area contributed by atoms with Gasteiger partial charge in [0.25, 0.3) is 0 Å². The molecule has 1 aliphatic carbocycles. The zero-order chi connectivity index (χ0) is 15.6. The largest absolute Gasteiger partial charge is 0.339 e. The number of nitrogens with one attached hydrogen (secondary N) is 1. The predicted octanol–water partition coefficient (Wildman–Crippen LogP) is 2.44. The monoisotopic (exact) mass is 300 g/mol. The number of benzene rings is 1. The molecule has 0 unspecified atom stereocenters. The molecule has 1 aliphatic rings. The Morgan fingerprint density at radius 3 is 2.48 bits per heavy atom. The van der Waals surface area contributed by atoms with Crippen LogP contribution in [0.25, 0.3) is 0 Å². The van der Waals surface area contributed by atoms with Gasteiger partial charge in [-0.3, -0.25) is 9.59 Å². The second kappa shape index (κ2) is 6.15. The minimum atomic E-state index is -1.63. The molecule has 0 radical (unpaired) electrons. The summed E-state index contributed by atoms with van der Waals surface area (Å²) >= 11 is 0. The van der Waals surface area contributed by atoms with Gasteiger partial charge in [-0.05, 0) is 25.0 Å². The van der Waals surface area contributed by atoms with Gasteiger partial charge in [0.15, 0.2) is 17.5 Å². The average Bonchev–Trinajstić information content (AvgIpc) is 3.24. The summed E-state index contributed by atoms with van der Waals surface area (Å²) in [5, 5.41) is 2.17. The van der Waals surface area contributed by atoms with Gasteiger partial charge in [0.05, 0.1) is 5.69 Å². The van der Waals surface area contributed by atoms with E-state index in [0.717, 1.165) is 25.0 Å². The molecule has 1 N–H and O–H groups in total. The first-order chi connectivity index (χ1) is 9.90. The van der Waals surface area contributed by atoms with Crippen LogP contribution in [-0.2, 0) is 9.59 Å². The molecule has 4 nitrogen and oxygen atoms in total.